The Balaban J connectivity index is 2.27. The Kier molecular flexibility index (Phi) is 4.75. The molecule has 0 fully saturated rings. The number of hydrogen-bond acceptors (Lipinski definition) is 7. The topological polar surface area (TPSA) is 94.6 Å². The van der Waals surface area contributed by atoms with E-state index in [1.165, 1.54) is 11.3 Å². The Morgan fingerprint density at radius 1 is 1.12 bits per heavy atom. The first-order valence-electron chi connectivity index (χ1n) is 7.97. The van der Waals surface area contributed by atoms with Gasteiger partial charge in [0.05, 0.1) is 36.3 Å². The van der Waals surface area contributed by atoms with E-state index in [4.69, 9.17) is 4.74 Å². The zero-order chi connectivity index (χ0) is 18.8. The van der Waals surface area contributed by atoms with Gasteiger partial charge < -0.3 is 10.1 Å². The normalized spacial score (nSPS) is 16.8. The number of aromatic nitrogens is 2. The Labute approximate surface area is 156 Å². The van der Waals surface area contributed by atoms with Crippen LogP contribution in [0.5, 0.6) is 5.75 Å². The molecule has 6 nitrogen and oxygen atoms in total. The molecule has 0 amide bonds. The van der Waals surface area contributed by atoms with Crippen molar-refractivity contribution in [3.05, 3.63) is 56.3 Å². The number of allylic oxidation sites excluding steroid dienone is 4. The predicted octanol–water partition coefficient (Wildman–Crippen LogP) is 3.64. The quantitative estimate of drug-likeness (QED) is 0.894. The highest BCUT2D eigenvalue weighted by atomic mass is 32.1. The van der Waals surface area contributed by atoms with Gasteiger partial charge in [0, 0.05) is 22.5 Å². The van der Waals surface area contributed by atoms with Gasteiger partial charge in [-0.15, -0.1) is 10.2 Å². The summed E-state index contributed by atoms with van der Waals surface area (Å²) in [5.74, 6) is 0.235. The number of aryl methyl sites for hydroxylation is 1. The lowest BCUT2D eigenvalue weighted by Gasteiger charge is -2.29. The van der Waals surface area contributed by atoms with E-state index < -0.39 is 0 Å². The summed E-state index contributed by atoms with van der Waals surface area (Å²) in [4.78, 5) is 0. The number of rotatable bonds is 3. The molecule has 0 bridgehead atoms. The Bertz CT molecular complexity index is 1020. The van der Waals surface area contributed by atoms with Crippen LogP contribution in [-0.4, -0.2) is 17.3 Å². The van der Waals surface area contributed by atoms with Crippen LogP contribution in [0.2, 0.25) is 0 Å². The largest absolute Gasteiger partial charge is 0.496 e. The van der Waals surface area contributed by atoms with Crippen LogP contribution in [0.4, 0.5) is 0 Å². The molecular formula is C19H17N5OS. The SMILES string of the molecule is COc1cc(C#N)ccc1C1C(C#N)=C(C)NC(C)=C1c1nnc(C)s1. The van der Waals surface area contributed by atoms with Gasteiger partial charge >= 0.3 is 0 Å². The van der Waals surface area contributed by atoms with Crippen LogP contribution in [0.25, 0.3) is 5.57 Å². The second kappa shape index (κ2) is 6.99. The molecule has 1 aliphatic rings. The molecule has 1 aliphatic heterocycles. The van der Waals surface area contributed by atoms with Gasteiger partial charge in [-0.1, -0.05) is 17.4 Å². The Morgan fingerprint density at radius 2 is 1.88 bits per heavy atom. The third-order valence-corrected chi connectivity index (χ3v) is 5.18. The molecule has 1 atom stereocenters. The van der Waals surface area contributed by atoms with Crippen molar-refractivity contribution in [1.82, 2.24) is 15.5 Å². The summed E-state index contributed by atoms with van der Waals surface area (Å²) in [7, 11) is 1.56. The van der Waals surface area contributed by atoms with Crippen LogP contribution in [0, 0.1) is 29.6 Å². The summed E-state index contributed by atoms with van der Waals surface area (Å²) < 4.78 is 5.54. The number of nitriles is 2. The fraction of sp³-hybridized carbons (Fsp3) is 0.263. The van der Waals surface area contributed by atoms with Crippen LogP contribution < -0.4 is 10.1 Å². The summed E-state index contributed by atoms with van der Waals surface area (Å²) in [5.41, 5.74) is 4.56. The summed E-state index contributed by atoms with van der Waals surface area (Å²) in [5, 5.41) is 32.3. The molecule has 1 N–H and O–H groups in total. The van der Waals surface area contributed by atoms with E-state index in [1.807, 2.05) is 26.8 Å². The van der Waals surface area contributed by atoms with E-state index in [9.17, 15) is 10.5 Å². The lowest BCUT2D eigenvalue weighted by molar-refractivity contribution is 0.409. The molecule has 3 rings (SSSR count). The second-order valence-corrected chi connectivity index (χ2v) is 7.12. The number of ether oxygens (including phenoxy) is 1. The maximum absolute atomic E-state index is 9.82. The molecule has 0 spiro atoms. The zero-order valence-electron chi connectivity index (χ0n) is 14.9. The molecule has 1 aromatic heterocycles. The zero-order valence-corrected chi connectivity index (χ0v) is 15.7. The lowest BCUT2D eigenvalue weighted by atomic mass is 9.80. The second-order valence-electron chi connectivity index (χ2n) is 5.94. The molecule has 1 unspecified atom stereocenters. The Morgan fingerprint density at radius 3 is 2.46 bits per heavy atom. The number of benzene rings is 1. The maximum atomic E-state index is 9.82. The standard InChI is InChI=1S/C19H17N5OS/c1-10-15(9-21)18(14-6-5-13(8-20)7-16(14)25-4)17(11(2)22-10)19-24-23-12(3)26-19/h5-7,18,22H,1-4H3. The van der Waals surface area contributed by atoms with Gasteiger partial charge in [0.2, 0.25) is 0 Å². The van der Waals surface area contributed by atoms with E-state index in [-0.39, 0.29) is 5.92 Å². The average molecular weight is 363 g/mol. The van der Waals surface area contributed by atoms with Crippen molar-refractivity contribution in [2.75, 3.05) is 7.11 Å². The van der Waals surface area contributed by atoms with Crippen molar-refractivity contribution in [3.63, 3.8) is 0 Å². The van der Waals surface area contributed by atoms with Crippen molar-refractivity contribution in [2.45, 2.75) is 26.7 Å². The van der Waals surface area contributed by atoms with E-state index in [2.05, 4.69) is 27.7 Å². The van der Waals surface area contributed by atoms with Gasteiger partial charge in [0.1, 0.15) is 15.8 Å². The smallest absolute Gasteiger partial charge is 0.146 e. The fourth-order valence-electron chi connectivity index (χ4n) is 3.16. The van der Waals surface area contributed by atoms with Gasteiger partial charge in [-0.2, -0.15) is 10.5 Å². The third kappa shape index (κ3) is 2.94. The minimum atomic E-state index is -0.337. The molecule has 0 aliphatic carbocycles. The van der Waals surface area contributed by atoms with Crippen LogP contribution in [0.15, 0.2) is 35.2 Å². The average Bonchev–Trinajstić information content (AvgIpc) is 3.06. The summed E-state index contributed by atoms with van der Waals surface area (Å²) >= 11 is 1.49. The van der Waals surface area contributed by atoms with Crippen LogP contribution >= 0.6 is 11.3 Å². The molecule has 2 aromatic rings. The van der Waals surface area contributed by atoms with E-state index >= 15 is 0 Å². The predicted molar refractivity (Wildman–Crippen MR) is 99.1 cm³/mol. The van der Waals surface area contributed by atoms with Crippen molar-refractivity contribution in [2.24, 2.45) is 0 Å². The number of nitrogens with zero attached hydrogens (tertiary/aromatic N) is 4. The summed E-state index contributed by atoms with van der Waals surface area (Å²) in [6, 6.07) is 9.73. The van der Waals surface area contributed by atoms with Crippen LogP contribution in [0.1, 0.15) is 40.9 Å². The van der Waals surface area contributed by atoms with Crippen molar-refractivity contribution in [3.8, 4) is 17.9 Å². The first kappa shape index (κ1) is 17.7. The molecule has 1 aromatic carbocycles. The third-order valence-electron chi connectivity index (χ3n) is 4.31. The molecule has 0 radical (unpaired) electrons. The molecule has 26 heavy (non-hydrogen) atoms. The maximum Gasteiger partial charge on any atom is 0.146 e. The minimum Gasteiger partial charge on any atom is -0.496 e. The van der Waals surface area contributed by atoms with E-state index in [1.54, 1.807) is 19.2 Å². The molecule has 0 saturated heterocycles. The molecule has 2 heterocycles. The van der Waals surface area contributed by atoms with Crippen molar-refractivity contribution < 1.29 is 4.74 Å². The van der Waals surface area contributed by atoms with Crippen molar-refractivity contribution >= 4 is 16.9 Å². The number of methoxy groups -OCH3 is 1. The first-order valence-corrected chi connectivity index (χ1v) is 8.79. The molecular weight excluding hydrogens is 346 g/mol. The summed E-state index contributed by atoms with van der Waals surface area (Å²) in [6.45, 7) is 5.75. The van der Waals surface area contributed by atoms with Gasteiger partial charge in [-0.3, -0.25) is 0 Å². The monoisotopic (exact) mass is 363 g/mol. The van der Waals surface area contributed by atoms with E-state index in [0.717, 1.165) is 32.5 Å². The summed E-state index contributed by atoms with van der Waals surface area (Å²) in [6.07, 6.45) is 0. The highest BCUT2D eigenvalue weighted by Crippen LogP contribution is 2.46. The van der Waals surface area contributed by atoms with Crippen molar-refractivity contribution in [1.29, 1.82) is 10.5 Å². The van der Waals surface area contributed by atoms with Crippen LogP contribution in [-0.2, 0) is 0 Å². The van der Waals surface area contributed by atoms with E-state index in [0.29, 0.717) is 16.9 Å². The van der Waals surface area contributed by atoms with Crippen LogP contribution in [0.3, 0.4) is 0 Å². The number of nitrogens with one attached hydrogen (secondary N) is 1. The fourth-order valence-corrected chi connectivity index (χ4v) is 3.99. The lowest BCUT2D eigenvalue weighted by Crippen LogP contribution is -2.23. The number of hydrogen-bond donors (Lipinski definition) is 1. The molecule has 0 saturated carbocycles. The highest BCUT2D eigenvalue weighted by Gasteiger charge is 2.33. The Hall–Kier alpha value is -3.16. The molecule has 130 valence electrons. The minimum absolute atomic E-state index is 0.337. The van der Waals surface area contributed by atoms with Gasteiger partial charge in [0.15, 0.2) is 0 Å². The van der Waals surface area contributed by atoms with Gasteiger partial charge in [-0.05, 0) is 32.9 Å². The first-order chi connectivity index (χ1) is 12.5. The number of dihydropyridines is 1. The van der Waals surface area contributed by atoms with Gasteiger partial charge in [0.25, 0.3) is 0 Å². The highest BCUT2D eigenvalue weighted by molar-refractivity contribution is 7.12. The van der Waals surface area contributed by atoms with Gasteiger partial charge in [-0.25, -0.2) is 0 Å². The molecule has 7 heteroatoms.